The van der Waals surface area contributed by atoms with E-state index in [1.54, 1.807) is 18.2 Å². The zero-order valence-corrected chi connectivity index (χ0v) is 9.21. The Hall–Kier alpha value is -2.10. The van der Waals surface area contributed by atoms with Gasteiger partial charge in [0.05, 0.1) is 0 Å². The molecular formula is C13H11F2NO. The van der Waals surface area contributed by atoms with Crippen molar-refractivity contribution in [3.8, 4) is 11.5 Å². The molecule has 0 spiro atoms. The number of hydrogen-bond donors (Lipinski definition) is 1. The second-order valence-corrected chi connectivity index (χ2v) is 3.70. The predicted octanol–water partition coefficient (Wildman–Crippen LogP) is 3.65. The van der Waals surface area contributed by atoms with E-state index in [0.717, 1.165) is 23.8 Å². The second-order valence-electron chi connectivity index (χ2n) is 3.70. The third-order valence-corrected chi connectivity index (χ3v) is 2.36. The van der Waals surface area contributed by atoms with Crippen molar-refractivity contribution in [3.05, 3.63) is 53.6 Å². The van der Waals surface area contributed by atoms with Crippen molar-refractivity contribution in [2.45, 2.75) is 6.92 Å². The summed E-state index contributed by atoms with van der Waals surface area (Å²) in [4.78, 5) is 0. The van der Waals surface area contributed by atoms with Crippen molar-refractivity contribution in [3.63, 3.8) is 0 Å². The summed E-state index contributed by atoms with van der Waals surface area (Å²) >= 11 is 0. The molecule has 0 fully saturated rings. The predicted molar refractivity (Wildman–Crippen MR) is 62.0 cm³/mol. The summed E-state index contributed by atoms with van der Waals surface area (Å²) < 4.78 is 31.5. The molecule has 88 valence electrons. The average molecular weight is 235 g/mol. The Labute approximate surface area is 97.6 Å². The van der Waals surface area contributed by atoms with Crippen molar-refractivity contribution >= 4 is 5.69 Å². The maximum Gasteiger partial charge on any atom is 0.165 e. The molecule has 0 unspecified atom stereocenters. The van der Waals surface area contributed by atoms with Crippen LogP contribution in [0, 0.1) is 18.6 Å². The lowest BCUT2D eigenvalue weighted by atomic mass is 10.2. The smallest absolute Gasteiger partial charge is 0.165 e. The summed E-state index contributed by atoms with van der Waals surface area (Å²) in [5, 5.41) is 0. The first-order chi connectivity index (χ1) is 8.06. The van der Waals surface area contributed by atoms with E-state index >= 15 is 0 Å². The molecule has 0 heterocycles. The Bertz CT molecular complexity index is 555. The van der Waals surface area contributed by atoms with Gasteiger partial charge in [-0.2, -0.15) is 0 Å². The van der Waals surface area contributed by atoms with Gasteiger partial charge < -0.3 is 10.5 Å². The van der Waals surface area contributed by atoms with Gasteiger partial charge >= 0.3 is 0 Å². The standard InChI is InChI=1S/C13H11F2NO/c1-8-6-10(3-5-12(8)16)17-13-7-9(14)2-4-11(13)15/h2-7H,16H2,1H3. The number of ether oxygens (including phenoxy) is 1. The molecule has 2 aromatic carbocycles. The SMILES string of the molecule is Cc1cc(Oc2cc(F)ccc2F)ccc1N. The average Bonchev–Trinajstić information content (AvgIpc) is 2.29. The summed E-state index contributed by atoms with van der Waals surface area (Å²) in [6.45, 7) is 1.81. The topological polar surface area (TPSA) is 35.2 Å². The number of hydrogen-bond acceptors (Lipinski definition) is 2. The Morgan fingerprint density at radius 1 is 1.06 bits per heavy atom. The van der Waals surface area contributed by atoms with Gasteiger partial charge in [-0.25, -0.2) is 8.78 Å². The van der Waals surface area contributed by atoms with E-state index in [4.69, 9.17) is 10.5 Å². The quantitative estimate of drug-likeness (QED) is 0.806. The van der Waals surface area contributed by atoms with Gasteiger partial charge in [0.15, 0.2) is 11.6 Å². The molecule has 0 radical (unpaired) electrons. The van der Waals surface area contributed by atoms with E-state index in [1.165, 1.54) is 0 Å². The molecule has 2 N–H and O–H groups in total. The number of aryl methyl sites for hydroxylation is 1. The maximum atomic E-state index is 13.3. The molecule has 2 rings (SSSR count). The number of rotatable bonds is 2. The van der Waals surface area contributed by atoms with Crippen LogP contribution in [0.4, 0.5) is 14.5 Å². The number of anilines is 1. The molecule has 0 atom stereocenters. The van der Waals surface area contributed by atoms with Crippen molar-refractivity contribution in [2.75, 3.05) is 5.73 Å². The molecule has 0 saturated heterocycles. The first-order valence-corrected chi connectivity index (χ1v) is 5.05. The summed E-state index contributed by atoms with van der Waals surface area (Å²) in [6.07, 6.45) is 0. The Kier molecular flexibility index (Phi) is 2.95. The van der Waals surface area contributed by atoms with Gasteiger partial charge in [-0.3, -0.25) is 0 Å². The summed E-state index contributed by atoms with van der Waals surface area (Å²) in [6, 6.07) is 7.99. The van der Waals surface area contributed by atoms with Gasteiger partial charge in [0.1, 0.15) is 11.6 Å². The second kappa shape index (κ2) is 4.41. The van der Waals surface area contributed by atoms with Crippen LogP contribution >= 0.6 is 0 Å². The minimum Gasteiger partial charge on any atom is -0.454 e. The van der Waals surface area contributed by atoms with Gasteiger partial charge in [-0.05, 0) is 42.8 Å². The lowest BCUT2D eigenvalue weighted by molar-refractivity contribution is 0.436. The van der Waals surface area contributed by atoms with E-state index in [2.05, 4.69) is 0 Å². The summed E-state index contributed by atoms with van der Waals surface area (Å²) in [5.74, 6) is -0.884. The molecule has 0 bridgehead atoms. The van der Waals surface area contributed by atoms with Crippen molar-refractivity contribution in [1.82, 2.24) is 0 Å². The van der Waals surface area contributed by atoms with Crippen LogP contribution in [0.2, 0.25) is 0 Å². The van der Waals surface area contributed by atoms with Gasteiger partial charge in [0, 0.05) is 11.8 Å². The van der Waals surface area contributed by atoms with Crippen molar-refractivity contribution in [1.29, 1.82) is 0 Å². The molecule has 0 aliphatic carbocycles. The van der Waals surface area contributed by atoms with Gasteiger partial charge in [0.2, 0.25) is 0 Å². The van der Waals surface area contributed by atoms with Crippen LogP contribution in [0.5, 0.6) is 11.5 Å². The molecule has 0 amide bonds. The third-order valence-electron chi connectivity index (χ3n) is 2.36. The van der Waals surface area contributed by atoms with Crippen LogP contribution in [0.3, 0.4) is 0 Å². The van der Waals surface area contributed by atoms with Crippen LogP contribution in [0.15, 0.2) is 36.4 Å². The largest absolute Gasteiger partial charge is 0.454 e. The number of nitrogens with two attached hydrogens (primary N) is 1. The van der Waals surface area contributed by atoms with Gasteiger partial charge in [-0.1, -0.05) is 0 Å². The molecule has 0 aromatic heterocycles. The highest BCUT2D eigenvalue weighted by Crippen LogP contribution is 2.27. The molecule has 0 aliphatic heterocycles. The fourth-order valence-corrected chi connectivity index (χ4v) is 1.39. The lowest BCUT2D eigenvalue weighted by Gasteiger charge is -2.08. The molecule has 2 aromatic rings. The highest BCUT2D eigenvalue weighted by atomic mass is 19.1. The Balaban J connectivity index is 2.31. The minimum absolute atomic E-state index is 0.144. The number of nitrogen functional groups attached to an aromatic ring is 1. The van der Waals surface area contributed by atoms with Crippen molar-refractivity contribution in [2.24, 2.45) is 0 Å². The highest BCUT2D eigenvalue weighted by molar-refractivity contribution is 5.50. The molecule has 4 heteroatoms. The molecule has 0 aliphatic rings. The highest BCUT2D eigenvalue weighted by Gasteiger charge is 2.07. The van der Waals surface area contributed by atoms with Crippen molar-refractivity contribution < 1.29 is 13.5 Å². The number of benzene rings is 2. The fraction of sp³-hybridized carbons (Fsp3) is 0.0769. The van der Waals surface area contributed by atoms with Crippen LogP contribution < -0.4 is 10.5 Å². The Morgan fingerprint density at radius 2 is 1.82 bits per heavy atom. The van der Waals surface area contributed by atoms with Crippen LogP contribution in [0.25, 0.3) is 0 Å². The molecule has 17 heavy (non-hydrogen) atoms. The summed E-state index contributed by atoms with van der Waals surface area (Å²) in [7, 11) is 0. The normalized spacial score (nSPS) is 10.3. The molecular weight excluding hydrogens is 224 g/mol. The van der Waals surface area contributed by atoms with Crippen LogP contribution in [-0.4, -0.2) is 0 Å². The van der Waals surface area contributed by atoms with Crippen LogP contribution in [0.1, 0.15) is 5.56 Å². The summed E-state index contributed by atoms with van der Waals surface area (Å²) in [5.41, 5.74) is 7.09. The van der Waals surface area contributed by atoms with E-state index in [0.29, 0.717) is 11.4 Å². The van der Waals surface area contributed by atoms with E-state index in [1.807, 2.05) is 6.92 Å². The van der Waals surface area contributed by atoms with Gasteiger partial charge in [0.25, 0.3) is 0 Å². The third kappa shape index (κ3) is 2.53. The van der Waals surface area contributed by atoms with E-state index in [-0.39, 0.29) is 5.75 Å². The monoisotopic (exact) mass is 235 g/mol. The fourth-order valence-electron chi connectivity index (χ4n) is 1.39. The van der Waals surface area contributed by atoms with Crippen LogP contribution in [-0.2, 0) is 0 Å². The first-order valence-electron chi connectivity index (χ1n) is 5.05. The zero-order chi connectivity index (χ0) is 12.4. The van der Waals surface area contributed by atoms with Gasteiger partial charge in [-0.15, -0.1) is 0 Å². The molecule has 2 nitrogen and oxygen atoms in total. The maximum absolute atomic E-state index is 13.3. The molecule has 0 saturated carbocycles. The van der Waals surface area contributed by atoms with E-state index < -0.39 is 11.6 Å². The zero-order valence-electron chi connectivity index (χ0n) is 9.21. The van der Waals surface area contributed by atoms with E-state index in [9.17, 15) is 8.78 Å². The lowest BCUT2D eigenvalue weighted by Crippen LogP contribution is -1.92. The minimum atomic E-state index is -0.610. The first kappa shape index (κ1) is 11.4. The Morgan fingerprint density at radius 3 is 2.53 bits per heavy atom. The number of halogens is 2.